The van der Waals surface area contributed by atoms with Gasteiger partial charge in [0.15, 0.2) is 5.75 Å². The molecule has 1 heterocycles. The lowest BCUT2D eigenvalue weighted by atomic mass is 10.2. The summed E-state index contributed by atoms with van der Waals surface area (Å²) in [4.78, 5) is 4.93. The second-order valence-electron chi connectivity index (χ2n) is 2.25. The molecular weight excluding hydrogens is 142 g/mol. The van der Waals surface area contributed by atoms with E-state index in [1.807, 2.05) is 18.2 Å². The first kappa shape index (κ1) is 6.24. The lowest BCUT2D eigenvalue weighted by Gasteiger charge is -2.17. The zero-order valence-electron chi connectivity index (χ0n) is 5.77. The molecule has 0 aliphatic carbocycles. The SMILES string of the molecule is ON1C=Cc2ccccc2O1. The van der Waals surface area contributed by atoms with Crippen molar-refractivity contribution in [2.24, 2.45) is 0 Å². The number of hydrogen-bond donors (Lipinski definition) is 1. The molecule has 1 aromatic rings. The highest BCUT2D eigenvalue weighted by molar-refractivity contribution is 5.57. The van der Waals surface area contributed by atoms with E-state index in [9.17, 15) is 0 Å². The van der Waals surface area contributed by atoms with E-state index in [0.717, 1.165) is 5.56 Å². The molecule has 0 amide bonds. The number of fused-ring (bicyclic) bond motifs is 1. The summed E-state index contributed by atoms with van der Waals surface area (Å²) >= 11 is 0. The van der Waals surface area contributed by atoms with E-state index in [4.69, 9.17) is 10.0 Å². The molecule has 0 aromatic heterocycles. The Labute approximate surface area is 64.0 Å². The highest BCUT2D eigenvalue weighted by Gasteiger charge is 2.07. The Morgan fingerprint density at radius 2 is 2.09 bits per heavy atom. The van der Waals surface area contributed by atoms with E-state index in [1.165, 1.54) is 6.20 Å². The Morgan fingerprint density at radius 1 is 1.27 bits per heavy atom. The second-order valence-corrected chi connectivity index (χ2v) is 2.25. The van der Waals surface area contributed by atoms with Crippen molar-refractivity contribution in [1.29, 1.82) is 0 Å². The van der Waals surface area contributed by atoms with Crippen molar-refractivity contribution in [3.05, 3.63) is 36.0 Å². The average Bonchev–Trinajstić information content (AvgIpc) is 2.04. The molecule has 1 N–H and O–H groups in total. The smallest absolute Gasteiger partial charge is 0.165 e. The van der Waals surface area contributed by atoms with E-state index in [-0.39, 0.29) is 0 Å². The van der Waals surface area contributed by atoms with Crippen LogP contribution < -0.4 is 4.84 Å². The van der Waals surface area contributed by atoms with Crippen LogP contribution >= 0.6 is 0 Å². The van der Waals surface area contributed by atoms with E-state index >= 15 is 0 Å². The second kappa shape index (κ2) is 2.29. The van der Waals surface area contributed by atoms with Gasteiger partial charge in [0.05, 0.1) is 6.20 Å². The summed E-state index contributed by atoms with van der Waals surface area (Å²) < 4.78 is 0. The number of benzene rings is 1. The molecule has 56 valence electrons. The molecule has 1 aliphatic heterocycles. The van der Waals surface area contributed by atoms with Gasteiger partial charge in [-0.1, -0.05) is 23.4 Å². The van der Waals surface area contributed by atoms with Gasteiger partial charge in [-0.15, -0.1) is 0 Å². The molecule has 0 unspecified atom stereocenters. The van der Waals surface area contributed by atoms with Crippen molar-refractivity contribution < 1.29 is 10.0 Å². The summed E-state index contributed by atoms with van der Waals surface area (Å²) in [5, 5.41) is 9.56. The van der Waals surface area contributed by atoms with Gasteiger partial charge < -0.3 is 4.84 Å². The van der Waals surface area contributed by atoms with Crippen LogP contribution in [0.3, 0.4) is 0 Å². The fourth-order valence-corrected chi connectivity index (χ4v) is 0.977. The molecule has 0 fully saturated rings. The minimum absolute atomic E-state index is 0.664. The van der Waals surface area contributed by atoms with Gasteiger partial charge in [-0.25, -0.2) is 0 Å². The summed E-state index contributed by atoms with van der Waals surface area (Å²) in [6.45, 7) is 0. The van der Waals surface area contributed by atoms with Crippen molar-refractivity contribution in [1.82, 2.24) is 5.23 Å². The molecule has 0 saturated heterocycles. The van der Waals surface area contributed by atoms with Gasteiger partial charge in [0, 0.05) is 5.56 Å². The fraction of sp³-hybridized carbons (Fsp3) is 0. The molecule has 3 heteroatoms. The Bertz CT molecular complexity index is 296. The molecule has 0 radical (unpaired) electrons. The Kier molecular flexibility index (Phi) is 1.30. The molecule has 2 rings (SSSR count). The van der Waals surface area contributed by atoms with Gasteiger partial charge in [0.1, 0.15) is 0 Å². The summed E-state index contributed by atoms with van der Waals surface area (Å²) in [6.07, 6.45) is 3.22. The third-order valence-electron chi connectivity index (χ3n) is 1.49. The summed E-state index contributed by atoms with van der Waals surface area (Å²) in [7, 11) is 0. The van der Waals surface area contributed by atoms with Crippen LogP contribution in [0.4, 0.5) is 0 Å². The highest BCUT2D eigenvalue weighted by atomic mass is 16.9. The third kappa shape index (κ3) is 1.06. The maximum Gasteiger partial charge on any atom is 0.165 e. The first-order chi connectivity index (χ1) is 5.36. The molecule has 3 nitrogen and oxygen atoms in total. The number of nitrogens with zero attached hydrogens (tertiary/aromatic N) is 1. The van der Waals surface area contributed by atoms with Crippen LogP contribution in [0.25, 0.3) is 6.08 Å². The molecule has 11 heavy (non-hydrogen) atoms. The van der Waals surface area contributed by atoms with E-state index in [2.05, 4.69) is 0 Å². The number of rotatable bonds is 0. The van der Waals surface area contributed by atoms with Gasteiger partial charge in [0.2, 0.25) is 0 Å². The highest BCUT2D eigenvalue weighted by Crippen LogP contribution is 2.23. The summed E-state index contributed by atoms with van der Waals surface area (Å²) in [5.41, 5.74) is 0.970. The van der Waals surface area contributed by atoms with Crippen molar-refractivity contribution in [2.75, 3.05) is 0 Å². The topological polar surface area (TPSA) is 32.7 Å². The van der Waals surface area contributed by atoms with Crippen LogP contribution in [0.5, 0.6) is 5.75 Å². The van der Waals surface area contributed by atoms with Gasteiger partial charge in [-0.2, -0.15) is 0 Å². The largest absolute Gasteiger partial charge is 0.354 e. The van der Waals surface area contributed by atoms with Crippen molar-refractivity contribution in [3.8, 4) is 5.75 Å². The molecular formula is C8H7NO2. The third-order valence-corrected chi connectivity index (χ3v) is 1.49. The molecule has 0 bridgehead atoms. The predicted molar refractivity (Wildman–Crippen MR) is 39.7 cm³/mol. The van der Waals surface area contributed by atoms with E-state index in [0.29, 0.717) is 11.0 Å². The molecule has 0 atom stereocenters. The lowest BCUT2D eigenvalue weighted by molar-refractivity contribution is -0.242. The normalized spacial score (nSPS) is 14.1. The van der Waals surface area contributed by atoms with Crippen LogP contribution in [0, 0.1) is 0 Å². The zero-order valence-corrected chi connectivity index (χ0v) is 5.77. The zero-order chi connectivity index (χ0) is 7.68. The van der Waals surface area contributed by atoms with Gasteiger partial charge in [0.25, 0.3) is 0 Å². The molecule has 0 saturated carbocycles. The maximum atomic E-state index is 8.88. The number of para-hydroxylation sites is 1. The number of hydroxylamine groups is 2. The van der Waals surface area contributed by atoms with Gasteiger partial charge >= 0.3 is 0 Å². The summed E-state index contributed by atoms with van der Waals surface area (Å²) in [5.74, 6) is 0.664. The van der Waals surface area contributed by atoms with Gasteiger partial charge in [-0.3, -0.25) is 5.21 Å². The lowest BCUT2D eigenvalue weighted by Crippen LogP contribution is -2.19. The Balaban J connectivity index is 2.46. The van der Waals surface area contributed by atoms with E-state index < -0.39 is 0 Å². The standard InChI is InChI=1S/C8H7NO2/c10-9-6-5-7-3-1-2-4-8(7)11-9/h1-6,10H. The molecule has 0 spiro atoms. The maximum absolute atomic E-state index is 8.88. The van der Waals surface area contributed by atoms with Crippen molar-refractivity contribution in [2.45, 2.75) is 0 Å². The minimum atomic E-state index is 0.664. The summed E-state index contributed by atoms with van der Waals surface area (Å²) in [6, 6.07) is 7.48. The monoisotopic (exact) mass is 149 g/mol. The fourth-order valence-electron chi connectivity index (χ4n) is 0.977. The Morgan fingerprint density at radius 3 is 3.00 bits per heavy atom. The quantitative estimate of drug-likeness (QED) is 0.608. The van der Waals surface area contributed by atoms with Crippen LogP contribution in [-0.2, 0) is 0 Å². The van der Waals surface area contributed by atoms with Crippen LogP contribution in [0.15, 0.2) is 30.5 Å². The van der Waals surface area contributed by atoms with Crippen LogP contribution in [0.1, 0.15) is 5.56 Å². The van der Waals surface area contributed by atoms with Gasteiger partial charge in [-0.05, 0) is 12.1 Å². The van der Waals surface area contributed by atoms with E-state index in [1.54, 1.807) is 12.1 Å². The first-order valence-corrected chi connectivity index (χ1v) is 3.29. The first-order valence-electron chi connectivity index (χ1n) is 3.29. The van der Waals surface area contributed by atoms with Crippen LogP contribution in [0.2, 0.25) is 0 Å². The number of hydrogen-bond acceptors (Lipinski definition) is 3. The Hall–Kier alpha value is -1.48. The van der Waals surface area contributed by atoms with Crippen LogP contribution in [-0.4, -0.2) is 10.4 Å². The molecule has 1 aromatic carbocycles. The minimum Gasteiger partial charge on any atom is -0.354 e. The molecule has 1 aliphatic rings. The predicted octanol–water partition coefficient (Wildman–Crippen LogP) is 1.66. The average molecular weight is 149 g/mol. The van der Waals surface area contributed by atoms with Crippen molar-refractivity contribution in [3.63, 3.8) is 0 Å². The van der Waals surface area contributed by atoms with Crippen molar-refractivity contribution >= 4 is 6.08 Å².